The molecule has 0 amide bonds. The van der Waals surface area contributed by atoms with E-state index in [0.717, 1.165) is 30.6 Å². The minimum atomic E-state index is -0.589. The monoisotopic (exact) mass is 485 g/mol. The van der Waals surface area contributed by atoms with Crippen LogP contribution in [0.4, 0.5) is 5.69 Å². The van der Waals surface area contributed by atoms with Crippen molar-refractivity contribution in [2.24, 2.45) is 16.6 Å². The summed E-state index contributed by atoms with van der Waals surface area (Å²) in [6.45, 7) is 5.43. The third-order valence-electron chi connectivity index (χ3n) is 7.43. The van der Waals surface area contributed by atoms with Crippen LogP contribution in [0.15, 0.2) is 47.5 Å². The van der Waals surface area contributed by atoms with Gasteiger partial charge in [-0.2, -0.15) is 0 Å². The fraction of sp³-hybridized carbons (Fsp3) is 0.500. The first-order valence-corrected chi connectivity index (χ1v) is 12.3. The number of fused-ring (bicyclic) bond motifs is 1. The Labute approximate surface area is 207 Å². The average molecular weight is 486 g/mol. The maximum absolute atomic E-state index is 6.83. The summed E-state index contributed by atoms with van der Waals surface area (Å²) in [6, 6.07) is 14.9. The molecule has 0 aliphatic carbocycles. The number of hydrogen-bond donors (Lipinski definition) is 3. The van der Waals surface area contributed by atoms with E-state index in [1.165, 1.54) is 5.56 Å². The molecule has 2 aliphatic heterocycles. The molecule has 1 fully saturated rings. The van der Waals surface area contributed by atoms with Crippen molar-refractivity contribution in [3.8, 4) is 11.5 Å². The van der Waals surface area contributed by atoms with Gasteiger partial charge in [0.2, 0.25) is 0 Å². The average Bonchev–Trinajstić information content (AvgIpc) is 2.85. The number of nitrogens with one attached hydrogen (secondary N) is 2. The van der Waals surface area contributed by atoms with Gasteiger partial charge in [-0.05, 0) is 44.0 Å². The van der Waals surface area contributed by atoms with Crippen LogP contribution < -0.4 is 30.7 Å². The molecule has 8 heteroatoms. The van der Waals surface area contributed by atoms with E-state index >= 15 is 0 Å². The molecule has 0 aromatic heterocycles. The van der Waals surface area contributed by atoms with E-state index in [1.807, 2.05) is 12.1 Å². The maximum atomic E-state index is 6.83. The number of ether oxygens (including phenoxy) is 2. The lowest BCUT2D eigenvalue weighted by Crippen LogP contribution is -2.64. The number of nitrogens with zero attached hydrogens (tertiary/aromatic N) is 2. The summed E-state index contributed by atoms with van der Waals surface area (Å²) < 4.78 is 11.1. The summed E-state index contributed by atoms with van der Waals surface area (Å²) in [5.41, 5.74) is 8.49. The molecule has 0 saturated carbocycles. The lowest BCUT2D eigenvalue weighted by atomic mass is 9.71. The van der Waals surface area contributed by atoms with Crippen molar-refractivity contribution >= 4 is 23.1 Å². The molecule has 34 heavy (non-hydrogen) atoms. The second-order valence-electron chi connectivity index (χ2n) is 9.28. The predicted molar refractivity (Wildman–Crippen MR) is 139 cm³/mol. The van der Waals surface area contributed by atoms with Gasteiger partial charge in [0.25, 0.3) is 0 Å². The highest BCUT2D eigenvalue weighted by Crippen LogP contribution is 2.43. The lowest BCUT2D eigenvalue weighted by Gasteiger charge is -2.50. The predicted octanol–water partition coefficient (Wildman–Crippen LogP) is 3.64. The minimum absolute atomic E-state index is 0.164. The van der Waals surface area contributed by atoms with Crippen molar-refractivity contribution in [1.29, 1.82) is 0 Å². The number of halogens is 1. The first-order valence-electron chi connectivity index (χ1n) is 11.9. The van der Waals surface area contributed by atoms with Crippen molar-refractivity contribution in [2.75, 3.05) is 32.7 Å². The second kappa shape index (κ2) is 10.0. The number of methoxy groups -OCH3 is 2. The highest BCUT2D eigenvalue weighted by molar-refractivity contribution is 6.24. The molecule has 4 N–H and O–H groups in total. The molecule has 1 saturated heterocycles. The molecular formula is C26H36ClN5O2. The summed E-state index contributed by atoms with van der Waals surface area (Å²) in [6.07, 6.45) is 1.83. The molecule has 7 nitrogen and oxygen atoms in total. The van der Waals surface area contributed by atoms with Gasteiger partial charge in [-0.1, -0.05) is 55.8 Å². The Balaban J connectivity index is 1.74. The zero-order valence-corrected chi connectivity index (χ0v) is 21.4. The Morgan fingerprint density at radius 1 is 1.18 bits per heavy atom. The summed E-state index contributed by atoms with van der Waals surface area (Å²) >= 11 is 6.83. The first kappa shape index (κ1) is 24.6. The normalized spacial score (nSPS) is 24.3. The number of amidine groups is 1. The van der Waals surface area contributed by atoms with E-state index in [2.05, 4.69) is 71.8 Å². The summed E-state index contributed by atoms with van der Waals surface area (Å²) in [7, 11) is 5.31. The van der Waals surface area contributed by atoms with Crippen molar-refractivity contribution in [2.45, 2.75) is 49.9 Å². The van der Waals surface area contributed by atoms with Gasteiger partial charge in [-0.15, -0.1) is 0 Å². The summed E-state index contributed by atoms with van der Waals surface area (Å²) in [5, 5.41) is 7.51. The Bertz CT molecular complexity index is 1030. The molecule has 184 valence electrons. The highest BCUT2D eigenvalue weighted by atomic mass is 35.5. The number of aliphatic imine (C=N–C) groups is 1. The topological polar surface area (TPSA) is 84.1 Å². The van der Waals surface area contributed by atoms with Crippen LogP contribution in [-0.2, 0) is 5.54 Å². The first-order chi connectivity index (χ1) is 16.4. The molecule has 2 aromatic carbocycles. The zero-order chi connectivity index (χ0) is 24.5. The Hall–Kier alpha value is -2.48. The van der Waals surface area contributed by atoms with Gasteiger partial charge in [-0.25, -0.2) is 4.99 Å². The van der Waals surface area contributed by atoms with Gasteiger partial charge >= 0.3 is 0 Å². The number of likely N-dealkylation sites (N-methyl/N-ethyl adjacent to an activating group) is 1. The van der Waals surface area contributed by atoms with Crippen LogP contribution in [0.25, 0.3) is 0 Å². The largest absolute Gasteiger partial charge is 0.493 e. The second-order valence-corrected chi connectivity index (χ2v) is 9.67. The Kier molecular flexibility index (Phi) is 7.26. The van der Waals surface area contributed by atoms with Crippen molar-refractivity contribution in [3.05, 3.63) is 53.6 Å². The number of rotatable bonds is 7. The standard InChI is InChI=1S/C26H36ClN5O2/c1-16(2)26(29-3,17-9-7-6-8-10-17)23-13-18(11-12-30-23)32-20-15-22(34-5)21(33-4)14-19(20)24(28)31-25(32)27/h6-10,14-16,18,23,25,29-30H,11-13H2,1-5H3,(H2,28,31). The molecule has 0 spiro atoms. The van der Waals surface area contributed by atoms with E-state index < -0.39 is 5.62 Å². The van der Waals surface area contributed by atoms with Gasteiger partial charge in [0.15, 0.2) is 17.1 Å². The molecule has 0 bridgehead atoms. The SMILES string of the molecule is CNC(c1ccccc1)(C(C)C)C1CC(N2c3cc(OC)c(OC)cc3C(N)=NC2Cl)CCN1. The van der Waals surface area contributed by atoms with Crippen molar-refractivity contribution in [1.82, 2.24) is 10.6 Å². The quantitative estimate of drug-likeness (QED) is 0.410. The number of alkyl halides is 1. The highest BCUT2D eigenvalue weighted by Gasteiger charge is 2.46. The van der Waals surface area contributed by atoms with Crippen LogP contribution >= 0.6 is 11.6 Å². The van der Waals surface area contributed by atoms with Crippen molar-refractivity contribution in [3.63, 3.8) is 0 Å². The number of anilines is 1. The third-order valence-corrected chi connectivity index (χ3v) is 7.73. The van der Waals surface area contributed by atoms with Gasteiger partial charge < -0.3 is 30.7 Å². The van der Waals surface area contributed by atoms with E-state index in [9.17, 15) is 0 Å². The van der Waals surface area contributed by atoms with Crippen LogP contribution in [0.5, 0.6) is 11.5 Å². The van der Waals surface area contributed by atoms with E-state index in [0.29, 0.717) is 23.3 Å². The van der Waals surface area contributed by atoms with Crippen LogP contribution in [0.2, 0.25) is 0 Å². The molecule has 4 atom stereocenters. The summed E-state index contributed by atoms with van der Waals surface area (Å²) in [5.74, 6) is 2.03. The molecule has 4 unspecified atom stereocenters. The van der Waals surface area contributed by atoms with Gasteiger partial charge in [0.05, 0.1) is 25.4 Å². The maximum Gasteiger partial charge on any atom is 0.200 e. The molecule has 2 aromatic rings. The fourth-order valence-corrected chi connectivity index (χ4v) is 6.14. The van der Waals surface area contributed by atoms with Gasteiger partial charge in [0, 0.05) is 23.7 Å². The van der Waals surface area contributed by atoms with Crippen LogP contribution in [0, 0.1) is 5.92 Å². The fourth-order valence-electron chi connectivity index (χ4n) is 5.77. The smallest absolute Gasteiger partial charge is 0.200 e. The van der Waals surface area contributed by atoms with Crippen LogP contribution in [0.1, 0.15) is 37.8 Å². The Morgan fingerprint density at radius 2 is 1.85 bits per heavy atom. The molecule has 4 rings (SSSR count). The number of piperidine rings is 1. The van der Waals surface area contributed by atoms with E-state index in [1.54, 1.807) is 14.2 Å². The number of benzene rings is 2. The lowest BCUT2D eigenvalue weighted by molar-refractivity contribution is 0.143. The van der Waals surface area contributed by atoms with E-state index in [-0.39, 0.29) is 17.6 Å². The van der Waals surface area contributed by atoms with E-state index in [4.69, 9.17) is 26.8 Å². The van der Waals surface area contributed by atoms with Gasteiger partial charge in [0.1, 0.15) is 5.84 Å². The third kappa shape index (κ3) is 4.10. The van der Waals surface area contributed by atoms with Gasteiger partial charge in [-0.3, -0.25) is 0 Å². The van der Waals surface area contributed by atoms with Crippen molar-refractivity contribution < 1.29 is 9.47 Å². The minimum Gasteiger partial charge on any atom is -0.493 e. The molecule has 2 aliphatic rings. The Morgan fingerprint density at radius 3 is 2.47 bits per heavy atom. The summed E-state index contributed by atoms with van der Waals surface area (Å²) in [4.78, 5) is 6.75. The number of hydrogen-bond acceptors (Lipinski definition) is 7. The molecule has 2 heterocycles. The zero-order valence-electron chi connectivity index (χ0n) is 20.6. The number of nitrogens with two attached hydrogens (primary N) is 1. The van der Waals surface area contributed by atoms with Crippen LogP contribution in [0.3, 0.4) is 0 Å². The van der Waals surface area contributed by atoms with Crippen LogP contribution in [-0.4, -0.2) is 51.4 Å². The molecule has 0 radical (unpaired) electrons. The molecular weight excluding hydrogens is 450 g/mol.